The first kappa shape index (κ1) is 15.9. The van der Waals surface area contributed by atoms with Gasteiger partial charge < -0.3 is 20.2 Å². The number of carboxylic acid groups (broad SMARTS) is 2. The van der Waals surface area contributed by atoms with Crippen molar-refractivity contribution < 1.29 is 24.9 Å². The predicted molar refractivity (Wildman–Crippen MR) is 54.8 cm³/mol. The highest BCUT2D eigenvalue weighted by molar-refractivity contribution is 5.84. The van der Waals surface area contributed by atoms with Gasteiger partial charge in [0.1, 0.15) is 0 Å². The molecule has 0 aliphatic heterocycles. The second kappa shape index (κ2) is 9.01. The van der Waals surface area contributed by atoms with Crippen LogP contribution in [0.25, 0.3) is 0 Å². The number of hydrogen-bond acceptors (Lipinski definition) is 3. The van der Waals surface area contributed by atoms with E-state index in [9.17, 15) is 9.59 Å². The van der Waals surface area contributed by atoms with Crippen LogP contribution in [-0.4, -0.2) is 52.0 Å². The molecule has 1 amide bonds. The Morgan fingerprint density at radius 3 is 1.80 bits per heavy atom. The van der Waals surface area contributed by atoms with Gasteiger partial charge in [-0.2, -0.15) is 0 Å². The van der Waals surface area contributed by atoms with Crippen molar-refractivity contribution in [2.75, 3.05) is 19.7 Å². The summed E-state index contributed by atoms with van der Waals surface area (Å²) in [6.07, 6.45) is -0.980. The molecule has 0 aliphatic rings. The van der Waals surface area contributed by atoms with E-state index in [1.165, 1.54) is 6.92 Å². The lowest BCUT2D eigenvalue weighted by Gasteiger charge is -2.13. The largest absolute Gasteiger partial charge is 0.478 e. The average molecular weight is 219 g/mol. The smallest absolute Gasteiger partial charge is 0.407 e. The molecule has 0 aliphatic carbocycles. The van der Waals surface area contributed by atoms with E-state index in [1.54, 1.807) is 6.92 Å². The van der Waals surface area contributed by atoms with Crippen LogP contribution < -0.4 is 0 Å². The molecule has 0 bridgehead atoms. The second-order valence-electron chi connectivity index (χ2n) is 2.67. The van der Waals surface area contributed by atoms with Crippen molar-refractivity contribution in [2.45, 2.75) is 13.8 Å². The monoisotopic (exact) mass is 219 g/mol. The number of likely N-dealkylation sites (N-methyl/N-ethyl adjacent to an activating group) is 1. The number of amides is 1. The summed E-state index contributed by atoms with van der Waals surface area (Å²) < 4.78 is 0. The highest BCUT2D eigenvalue weighted by atomic mass is 16.4. The van der Waals surface area contributed by atoms with Gasteiger partial charge in [-0.3, -0.25) is 0 Å². The van der Waals surface area contributed by atoms with Gasteiger partial charge in [-0.1, -0.05) is 6.58 Å². The minimum Gasteiger partial charge on any atom is -0.478 e. The fourth-order valence-corrected chi connectivity index (χ4v) is 0.510. The molecule has 0 aromatic carbocycles. The maximum Gasteiger partial charge on any atom is 0.407 e. The zero-order chi connectivity index (χ0) is 12.4. The Labute approximate surface area is 88.4 Å². The van der Waals surface area contributed by atoms with E-state index in [2.05, 4.69) is 6.58 Å². The maximum absolute atomic E-state index is 10.1. The van der Waals surface area contributed by atoms with Crippen molar-refractivity contribution in [1.82, 2.24) is 4.90 Å². The number of aliphatic carboxylic acids is 1. The molecule has 0 rings (SSSR count). The van der Waals surface area contributed by atoms with Gasteiger partial charge in [0.15, 0.2) is 0 Å². The van der Waals surface area contributed by atoms with Gasteiger partial charge in [0.25, 0.3) is 0 Å². The average Bonchev–Trinajstić information content (AvgIpc) is 2.14. The van der Waals surface area contributed by atoms with Crippen molar-refractivity contribution in [3.8, 4) is 0 Å². The molecule has 0 spiro atoms. The van der Waals surface area contributed by atoms with E-state index in [0.717, 1.165) is 4.90 Å². The van der Waals surface area contributed by atoms with Crippen LogP contribution in [0.3, 0.4) is 0 Å². The van der Waals surface area contributed by atoms with Gasteiger partial charge in [-0.05, 0) is 13.8 Å². The number of hydrogen-bond donors (Lipinski definition) is 3. The topological polar surface area (TPSA) is 98.1 Å². The summed E-state index contributed by atoms with van der Waals surface area (Å²) in [5.41, 5.74) is 0.176. The van der Waals surface area contributed by atoms with Crippen molar-refractivity contribution in [2.24, 2.45) is 0 Å². The van der Waals surface area contributed by atoms with Crippen LogP contribution in [0.5, 0.6) is 0 Å². The number of rotatable bonds is 4. The van der Waals surface area contributed by atoms with Gasteiger partial charge >= 0.3 is 12.1 Å². The van der Waals surface area contributed by atoms with Gasteiger partial charge in [0, 0.05) is 18.7 Å². The summed E-state index contributed by atoms with van der Waals surface area (Å²) >= 11 is 0. The summed E-state index contributed by atoms with van der Waals surface area (Å²) in [5.74, 6) is -0.935. The van der Waals surface area contributed by atoms with E-state index in [0.29, 0.717) is 6.54 Å². The molecule has 0 fully saturated rings. The summed E-state index contributed by atoms with van der Waals surface area (Å²) in [6.45, 7) is 6.84. The van der Waals surface area contributed by atoms with Gasteiger partial charge in [-0.25, -0.2) is 9.59 Å². The molecular weight excluding hydrogens is 202 g/mol. The Morgan fingerprint density at radius 1 is 1.33 bits per heavy atom. The van der Waals surface area contributed by atoms with E-state index < -0.39 is 12.1 Å². The third kappa shape index (κ3) is 10.4. The zero-order valence-electron chi connectivity index (χ0n) is 8.93. The SMILES string of the molecule is C=C(C)C(=O)O.CCN(CCO)C(=O)O. The van der Waals surface area contributed by atoms with Crippen LogP contribution in [0.2, 0.25) is 0 Å². The lowest BCUT2D eigenvalue weighted by atomic mass is 10.4. The predicted octanol–water partition coefficient (Wildman–Crippen LogP) is 0.626. The summed E-state index contributed by atoms with van der Waals surface area (Å²) in [5, 5.41) is 24.5. The molecule has 0 atom stereocenters. The molecule has 0 aromatic rings. The summed E-state index contributed by atoms with van der Waals surface area (Å²) in [6, 6.07) is 0. The normalized spacial score (nSPS) is 8.47. The molecule has 15 heavy (non-hydrogen) atoms. The quantitative estimate of drug-likeness (QED) is 0.602. The van der Waals surface area contributed by atoms with E-state index in [-0.39, 0.29) is 18.7 Å². The van der Waals surface area contributed by atoms with E-state index >= 15 is 0 Å². The van der Waals surface area contributed by atoms with Crippen LogP contribution in [0, 0.1) is 0 Å². The third-order valence-electron chi connectivity index (χ3n) is 1.39. The van der Waals surface area contributed by atoms with Crippen LogP contribution in [-0.2, 0) is 4.79 Å². The van der Waals surface area contributed by atoms with Gasteiger partial charge in [0.2, 0.25) is 0 Å². The van der Waals surface area contributed by atoms with Crippen LogP contribution in [0.15, 0.2) is 12.2 Å². The molecule has 0 unspecified atom stereocenters. The first-order chi connectivity index (χ1) is 6.86. The first-order valence-electron chi connectivity index (χ1n) is 4.34. The minimum atomic E-state index is -0.980. The lowest BCUT2D eigenvalue weighted by Crippen LogP contribution is -2.31. The summed E-state index contributed by atoms with van der Waals surface area (Å²) in [4.78, 5) is 20.9. The number of carbonyl (C=O) groups is 2. The van der Waals surface area contributed by atoms with Crippen molar-refractivity contribution in [3.63, 3.8) is 0 Å². The van der Waals surface area contributed by atoms with Crippen molar-refractivity contribution in [1.29, 1.82) is 0 Å². The molecule has 0 heterocycles. The molecule has 0 saturated carbocycles. The van der Waals surface area contributed by atoms with E-state index in [1.807, 2.05) is 0 Å². The minimum absolute atomic E-state index is 0.111. The Balaban J connectivity index is 0. The third-order valence-corrected chi connectivity index (χ3v) is 1.39. The highest BCUT2D eigenvalue weighted by Crippen LogP contribution is 1.85. The Bertz CT molecular complexity index is 215. The number of aliphatic hydroxyl groups excluding tert-OH is 1. The van der Waals surface area contributed by atoms with Crippen molar-refractivity contribution >= 4 is 12.1 Å². The van der Waals surface area contributed by atoms with E-state index in [4.69, 9.17) is 15.3 Å². The molecular formula is C9H17NO5. The molecule has 0 aromatic heterocycles. The second-order valence-corrected chi connectivity index (χ2v) is 2.67. The maximum atomic E-state index is 10.1. The highest BCUT2D eigenvalue weighted by Gasteiger charge is 2.05. The van der Waals surface area contributed by atoms with Crippen molar-refractivity contribution in [3.05, 3.63) is 12.2 Å². The van der Waals surface area contributed by atoms with Gasteiger partial charge in [0.05, 0.1) is 6.61 Å². The zero-order valence-corrected chi connectivity index (χ0v) is 8.93. The Morgan fingerprint density at radius 2 is 1.73 bits per heavy atom. The molecule has 3 N–H and O–H groups in total. The fraction of sp³-hybridized carbons (Fsp3) is 0.556. The summed E-state index contributed by atoms with van der Waals surface area (Å²) in [7, 11) is 0. The van der Waals surface area contributed by atoms with Crippen LogP contribution in [0.1, 0.15) is 13.8 Å². The Hall–Kier alpha value is -1.56. The molecule has 0 radical (unpaired) electrons. The van der Waals surface area contributed by atoms with Crippen LogP contribution >= 0.6 is 0 Å². The van der Waals surface area contributed by atoms with Gasteiger partial charge in [-0.15, -0.1) is 0 Å². The van der Waals surface area contributed by atoms with Crippen LogP contribution in [0.4, 0.5) is 4.79 Å². The number of nitrogens with zero attached hydrogens (tertiary/aromatic N) is 1. The molecule has 6 heteroatoms. The molecule has 0 saturated heterocycles. The number of carboxylic acids is 1. The Kier molecular flexibility index (Phi) is 9.55. The lowest BCUT2D eigenvalue weighted by molar-refractivity contribution is -0.132. The molecule has 6 nitrogen and oxygen atoms in total. The first-order valence-corrected chi connectivity index (χ1v) is 4.34. The standard InChI is InChI=1S/C5H11NO3.C4H6O2/c1-2-6(3-4-7)5(8)9;1-3(2)4(5)6/h7H,2-4H2,1H3,(H,8,9);1H2,2H3,(H,5,6). The molecule has 88 valence electrons. The fourth-order valence-electron chi connectivity index (χ4n) is 0.510. The number of aliphatic hydroxyl groups is 1.